The average Bonchev–Trinajstić information content (AvgIpc) is 2.11. The maximum atomic E-state index is 5.52. The van der Waals surface area contributed by atoms with Crippen LogP contribution >= 0.6 is 0 Å². The smallest absolute Gasteiger partial charge is 0.00368 e. The molecule has 6 N–H and O–H groups in total. The fourth-order valence-electron chi connectivity index (χ4n) is 1.26. The Morgan fingerprint density at radius 1 is 0.750 bits per heavy atom. The zero-order valence-corrected chi connectivity index (χ0v) is 7.97. The molecular weight excluding hydrogens is 150 g/mol. The van der Waals surface area contributed by atoms with Gasteiger partial charge in [0.15, 0.2) is 0 Å². The maximum Gasteiger partial charge on any atom is -0.00368 e. The molecule has 0 amide bonds. The van der Waals surface area contributed by atoms with E-state index >= 15 is 0 Å². The monoisotopic (exact) mass is 173 g/mol. The van der Waals surface area contributed by atoms with Gasteiger partial charge < -0.3 is 17.2 Å². The lowest BCUT2D eigenvalue weighted by Crippen LogP contribution is -2.22. The molecule has 0 saturated heterocycles. The lowest BCUT2D eigenvalue weighted by Gasteiger charge is -2.10. The van der Waals surface area contributed by atoms with Crippen molar-refractivity contribution in [3.63, 3.8) is 0 Å². The summed E-state index contributed by atoms with van der Waals surface area (Å²) in [5.74, 6) is 0.530. The SMILES string of the molecule is NCCCCCCC(CN)CN. The van der Waals surface area contributed by atoms with Crippen molar-refractivity contribution < 1.29 is 0 Å². The van der Waals surface area contributed by atoms with Crippen molar-refractivity contribution in [2.75, 3.05) is 19.6 Å². The molecule has 74 valence electrons. The van der Waals surface area contributed by atoms with Gasteiger partial charge in [-0.15, -0.1) is 0 Å². The standard InChI is InChI=1S/C9H23N3/c10-6-4-2-1-3-5-9(7-11)8-12/h9H,1-8,10-12H2. The second-order valence-electron chi connectivity index (χ2n) is 3.33. The Morgan fingerprint density at radius 3 is 1.83 bits per heavy atom. The molecule has 0 atom stereocenters. The minimum atomic E-state index is 0.530. The largest absolute Gasteiger partial charge is 0.330 e. The van der Waals surface area contributed by atoms with Gasteiger partial charge in [-0.25, -0.2) is 0 Å². The normalized spacial score (nSPS) is 11.0. The molecule has 0 saturated carbocycles. The number of hydrogen-bond acceptors (Lipinski definition) is 3. The summed E-state index contributed by atoms with van der Waals surface area (Å²) >= 11 is 0. The molecule has 0 aromatic heterocycles. The molecule has 3 nitrogen and oxygen atoms in total. The summed E-state index contributed by atoms with van der Waals surface area (Å²) in [6, 6.07) is 0. The third-order valence-corrected chi connectivity index (χ3v) is 2.23. The van der Waals surface area contributed by atoms with Gasteiger partial charge in [0.2, 0.25) is 0 Å². The molecule has 0 aromatic carbocycles. The molecule has 0 spiro atoms. The molecule has 0 bridgehead atoms. The molecule has 12 heavy (non-hydrogen) atoms. The van der Waals surface area contributed by atoms with Gasteiger partial charge in [0.05, 0.1) is 0 Å². The van der Waals surface area contributed by atoms with E-state index in [-0.39, 0.29) is 0 Å². The Morgan fingerprint density at radius 2 is 1.33 bits per heavy atom. The molecule has 0 aromatic rings. The highest BCUT2D eigenvalue weighted by atomic mass is 14.6. The maximum absolute atomic E-state index is 5.52. The van der Waals surface area contributed by atoms with Crippen molar-refractivity contribution in [3.05, 3.63) is 0 Å². The van der Waals surface area contributed by atoms with Crippen molar-refractivity contribution in [1.29, 1.82) is 0 Å². The highest BCUT2D eigenvalue weighted by molar-refractivity contribution is 4.60. The van der Waals surface area contributed by atoms with Crippen LogP contribution in [0.4, 0.5) is 0 Å². The highest BCUT2D eigenvalue weighted by Gasteiger charge is 2.02. The van der Waals surface area contributed by atoms with Crippen molar-refractivity contribution >= 4 is 0 Å². The summed E-state index contributed by atoms with van der Waals surface area (Å²) in [4.78, 5) is 0. The molecule has 0 aliphatic carbocycles. The lowest BCUT2D eigenvalue weighted by molar-refractivity contribution is 0.470. The predicted molar refractivity (Wildman–Crippen MR) is 53.7 cm³/mol. The van der Waals surface area contributed by atoms with E-state index < -0.39 is 0 Å². The van der Waals surface area contributed by atoms with Crippen molar-refractivity contribution in [2.24, 2.45) is 23.1 Å². The van der Waals surface area contributed by atoms with Gasteiger partial charge in [0, 0.05) is 0 Å². The van der Waals surface area contributed by atoms with Crippen LogP contribution in [0.15, 0.2) is 0 Å². The van der Waals surface area contributed by atoms with Gasteiger partial charge >= 0.3 is 0 Å². The van der Waals surface area contributed by atoms with Gasteiger partial charge in [0.25, 0.3) is 0 Å². The third kappa shape index (κ3) is 6.58. The first-order valence-electron chi connectivity index (χ1n) is 4.95. The molecule has 0 rings (SSSR count). The van der Waals surface area contributed by atoms with Crippen molar-refractivity contribution in [2.45, 2.75) is 32.1 Å². The molecular formula is C9H23N3. The Kier molecular flexibility index (Phi) is 8.88. The summed E-state index contributed by atoms with van der Waals surface area (Å²) in [6.45, 7) is 2.28. The van der Waals surface area contributed by atoms with Gasteiger partial charge in [-0.2, -0.15) is 0 Å². The summed E-state index contributed by atoms with van der Waals surface area (Å²) in [6.07, 6.45) is 6.10. The van der Waals surface area contributed by atoms with E-state index in [0.29, 0.717) is 5.92 Å². The van der Waals surface area contributed by atoms with Crippen LogP contribution in [0, 0.1) is 5.92 Å². The zero-order valence-electron chi connectivity index (χ0n) is 7.97. The van der Waals surface area contributed by atoms with Crippen LogP contribution in [0.5, 0.6) is 0 Å². The van der Waals surface area contributed by atoms with E-state index in [1.54, 1.807) is 0 Å². The van der Waals surface area contributed by atoms with E-state index in [1.165, 1.54) is 25.7 Å². The highest BCUT2D eigenvalue weighted by Crippen LogP contribution is 2.08. The van der Waals surface area contributed by atoms with E-state index in [1.807, 2.05) is 0 Å². The summed E-state index contributed by atoms with van der Waals surface area (Å²) in [5, 5.41) is 0. The zero-order chi connectivity index (χ0) is 9.23. The molecule has 0 radical (unpaired) electrons. The van der Waals surface area contributed by atoms with E-state index in [4.69, 9.17) is 17.2 Å². The van der Waals surface area contributed by atoms with E-state index in [9.17, 15) is 0 Å². The van der Waals surface area contributed by atoms with Crippen LogP contribution in [-0.4, -0.2) is 19.6 Å². The minimum absolute atomic E-state index is 0.530. The topological polar surface area (TPSA) is 78.1 Å². The average molecular weight is 173 g/mol. The first-order valence-corrected chi connectivity index (χ1v) is 4.95. The van der Waals surface area contributed by atoms with Crippen LogP contribution in [0.1, 0.15) is 32.1 Å². The van der Waals surface area contributed by atoms with Crippen LogP contribution < -0.4 is 17.2 Å². The van der Waals surface area contributed by atoms with Crippen LogP contribution in [-0.2, 0) is 0 Å². The molecule has 0 heterocycles. The quantitative estimate of drug-likeness (QED) is 0.466. The van der Waals surface area contributed by atoms with E-state index in [2.05, 4.69) is 0 Å². The number of rotatable bonds is 8. The van der Waals surface area contributed by atoms with Crippen LogP contribution in [0.3, 0.4) is 0 Å². The summed E-state index contributed by atoms with van der Waals surface area (Å²) in [5.41, 5.74) is 16.4. The van der Waals surface area contributed by atoms with Gasteiger partial charge in [-0.05, 0) is 38.4 Å². The Bertz CT molecular complexity index is 81.8. The Hall–Kier alpha value is -0.120. The fraction of sp³-hybridized carbons (Fsp3) is 1.00. The molecule has 0 fully saturated rings. The fourth-order valence-corrected chi connectivity index (χ4v) is 1.26. The number of hydrogen-bond donors (Lipinski definition) is 3. The minimum Gasteiger partial charge on any atom is -0.330 e. The van der Waals surface area contributed by atoms with E-state index in [0.717, 1.165) is 26.1 Å². The molecule has 0 unspecified atom stereocenters. The lowest BCUT2D eigenvalue weighted by atomic mass is 10.0. The van der Waals surface area contributed by atoms with Crippen molar-refractivity contribution in [1.82, 2.24) is 0 Å². The Labute approximate surface area is 75.7 Å². The van der Waals surface area contributed by atoms with Gasteiger partial charge in [0.1, 0.15) is 0 Å². The summed E-state index contributed by atoms with van der Waals surface area (Å²) < 4.78 is 0. The van der Waals surface area contributed by atoms with Gasteiger partial charge in [-0.3, -0.25) is 0 Å². The molecule has 3 heteroatoms. The first kappa shape index (κ1) is 11.9. The van der Waals surface area contributed by atoms with Crippen molar-refractivity contribution in [3.8, 4) is 0 Å². The van der Waals surface area contributed by atoms with Crippen LogP contribution in [0.2, 0.25) is 0 Å². The second-order valence-corrected chi connectivity index (χ2v) is 3.33. The second kappa shape index (κ2) is 8.97. The van der Waals surface area contributed by atoms with Gasteiger partial charge in [-0.1, -0.05) is 19.3 Å². The first-order chi connectivity index (χ1) is 5.85. The third-order valence-electron chi connectivity index (χ3n) is 2.23. The Balaban J connectivity index is 3.06. The molecule has 0 aliphatic heterocycles. The van der Waals surface area contributed by atoms with Crippen LogP contribution in [0.25, 0.3) is 0 Å². The molecule has 0 aliphatic rings. The predicted octanol–water partition coefficient (Wildman–Crippen LogP) is 0.429. The summed E-state index contributed by atoms with van der Waals surface area (Å²) in [7, 11) is 0. The number of nitrogens with two attached hydrogens (primary N) is 3. The number of unbranched alkanes of at least 4 members (excludes halogenated alkanes) is 3.